The Morgan fingerprint density at radius 1 is 1.08 bits per heavy atom. The Morgan fingerprint density at radius 2 is 1.83 bits per heavy atom. The summed E-state index contributed by atoms with van der Waals surface area (Å²) in [5.41, 5.74) is 7.45. The van der Waals surface area contributed by atoms with Crippen molar-refractivity contribution in [1.82, 2.24) is 20.2 Å². The Bertz CT molecular complexity index is 1340. The van der Waals surface area contributed by atoms with E-state index in [1.54, 1.807) is 16.8 Å². The second-order valence-electron chi connectivity index (χ2n) is 8.56. The van der Waals surface area contributed by atoms with Gasteiger partial charge in [-0.25, -0.2) is 9.69 Å². The number of halogens is 2. The van der Waals surface area contributed by atoms with Crippen molar-refractivity contribution in [2.24, 2.45) is 0 Å². The SMILES string of the molecule is CCc1c(C(=O)NN2CCCCC2)nn(-c2ccc(Cl)cc2Cl)c1-c1ccc(C#CCCC#N)cc1. The summed E-state index contributed by atoms with van der Waals surface area (Å²) in [6.45, 7) is 3.68. The molecule has 184 valence electrons. The molecule has 0 atom stereocenters. The number of benzene rings is 2. The average molecular weight is 520 g/mol. The average Bonchev–Trinajstić information content (AvgIpc) is 3.27. The van der Waals surface area contributed by atoms with E-state index in [9.17, 15) is 4.79 Å². The highest BCUT2D eigenvalue weighted by Gasteiger charge is 2.26. The zero-order chi connectivity index (χ0) is 25.5. The van der Waals surface area contributed by atoms with Crippen LogP contribution in [-0.2, 0) is 6.42 Å². The number of hydrogen-bond acceptors (Lipinski definition) is 4. The van der Waals surface area contributed by atoms with Gasteiger partial charge in [0.25, 0.3) is 5.91 Å². The minimum atomic E-state index is -0.223. The van der Waals surface area contributed by atoms with Gasteiger partial charge < -0.3 is 0 Å². The molecule has 0 radical (unpaired) electrons. The summed E-state index contributed by atoms with van der Waals surface area (Å²) in [5, 5.41) is 16.4. The molecule has 0 saturated carbocycles. The van der Waals surface area contributed by atoms with Gasteiger partial charge in [0, 0.05) is 47.6 Å². The van der Waals surface area contributed by atoms with E-state index in [0.717, 1.165) is 48.3 Å². The lowest BCUT2D eigenvalue weighted by atomic mass is 10.0. The van der Waals surface area contributed by atoms with E-state index in [1.165, 1.54) is 6.42 Å². The van der Waals surface area contributed by atoms with Crippen molar-refractivity contribution in [2.75, 3.05) is 13.1 Å². The molecule has 1 amide bonds. The van der Waals surface area contributed by atoms with Gasteiger partial charge in [-0.1, -0.05) is 60.5 Å². The van der Waals surface area contributed by atoms with E-state index in [2.05, 4.69) is 23.3 Å². The lowest BCUT2D eigenvalue weighted by Crippen LogP contribution is -2.45. The van der Waals surface area contributed by atoms with Crippen LogP contribution in [0.4, 0.5) is 0 Å². The van der Waals surface area contributed by atoms with E-state index in [0.29, 0.717) is 40.7 Å². The van der Waals surface area contributed by atoms with Crippen molar-refractivity contribution >= 4 is 29.1 Å². The number of carbonyl (C=O) groups is 1. The van der Waals surface area contributed by atoms with E-state index >= 15 is 0 Å². The molecule has 6 nitrogen and oxygen atoms in total. The van der Waals surface area contributed by atoms with Gasteiger partial charge in [0.05, 0.1) is 22.5 Å². The van der Waals surface area contributed by atoms with Crippen LogP contribution in [-0.4, -0.2) is 33.8 Å². The number of rotatable bonds is 6. The molecular formula is C28H27Cl2N5O. The fourth-order valence-corrected chi connectivity index (χ4v) is 4.78. The fourth-order valence-electron chi connectivity index (χ4n) is 4.29. The first-order valence-electron chi connectivity index (χ1n) is 12.1. The first-order chi connectivity index (χ1) is 17.5. The minimum Gasteiger partial charge on any atom is -0.283 e. The van der Waals surface area contributed by atoms with Crippen molar-refractivity contribution in [3.63, 3.8) is 0 Å². The molecule has 2 aromatic carbocycles. The topological polar surface area (TPSA) is 74.0 Å². The van der Waals surface area contributed by atoms with Crippen LogP contribution in [0.1, 0.15) is 60.6 Å². The van der Waals surface area contributed by atoms with E-state index < -0.39 is 0 Å². The van der Waals surface area contributed by atoms with Gasteiger partial charge in [0.15, 0.2) is 5.69 Å². The Labute approximate surface area is 221 Å². The number of hydrazine groups is 1. The van der Waals surface area contributed by atoms with Gasteiger partial charge in [0.2, 0.25) is 0 Å². The molecule has 1 aliphatic rings. The Morgan fingerprint density at radius 3 is 2.50 bits per heavy atom. The molecule has 1 aromatic heterocycles. The number of hydrogen-bond donors (Lipinski definition) is 1. The lowest BCUT2D eigenvalue weighted by Gasteiger charge is -2.26. The second-order valence-corrected chi connectivity index (χ2v) is 9.41. The van der Waals surface area contributed by atoms with Crippen LogP contribution in [0.25, 0.3) is 16.9 Å². The number of nitrogens with one attached hydrogen (secondary N) is 1. The third-order valence-electron chi connectivity index (χ3n) is 6.06. The van der Waals surface area contributed by atoms with Crippen LogP contribution in [0, 0.1) is 23.2 Å². The zero-order valence-corrected chi connectivity index (χ0v) is 21.7. The molecule has 2 heterocycles. The first-order valence-corrected chi connectivity index (χ1v) is 12.9. The van der Waals surface area contributed by atoms with E-state index in [-0.39, 0.29) is 5.91 Å². The van der Waals surface area contributed by atoms with Gasteiger partial charge in [-0.05, 0) is 49.6 Å². The Kier molecular flexibility index (Phi) is 8.67. The van der Waals surface area contributed by atoms with Crippen molar-refractivity contribution in [3.05, 3.63) is 69.3 Å². The monoisotopic (exact) mass is 519 g/mol. The maximum Gasteiger partial charge on any atom is 0.286 e. The van der Waals surface area contributed by atoms with E-state index in [1.807, 2.05) is 42.3 Å². The quantitative estimate of drug-likeness (QED) is 0.311. The molecule has 3 aromatic rings. The predicted molar refractivity (Wildman–Crippen MR) is 143 cm³/mol. The number of nitriles is 1. The lowest BCUT2D eigenvalue weighted by molar-refractivity contribution is 0.0743. The highest BCUT2D eigenvalue weighted by Crippen LogP contribution is 2.33. The summed E-state index contributed by atoms with van der Waals surface area (Å²) in [6, 6.07) is 15.1. The van der Waals surface area contributed by atoms with Crippen LogP contribution in [0.5, 0.6) is 0 Å². The summed E-state index contributed by atoms with van der Waals surface area (Å²) in [5.74, 6) is 5.88. The standard InChI is InChI=1S/C28H27Cl2N5O/c1-2-23-26(28(36)33-34-17-7-4-8-18-34)32-35(25-15-14-22(29)19-24(25)30)27(23)21-12-10-20(11-13-21)9-5-3-6-16-31/h10-15,19H,2-4,6-8,17-18H2,1H3,(H,33,36). The molecule has 1 N–H and O–H groups in total. The normalized spacial score (nSPS) is 13.5. The van der Waals surface area contributed by atoms with Crippen LogP contribution >= 0.6 is 23.2 Å². The zero-order valence-electron chi connectivity index (χ0n) is 20.2. The molecular weight excluding hydrogens is 493 g/mol. The van der Waals surface area contributed by atoms with Crippen molar-refractivity contribution in [3.8, 4) is 34.9 Å². The summed E-state index contributed by atoms with van der Waals surface area (Å²) in [6.07, 6.45) is 4.86. The summed E-state index contributed by atoms with van der Waals surface area (Å²) in [7, 11) is 0. The molecule has 1 aliphatic heterocycles. The minimum absolute atomic E-state index is 0.223. The molecule has 0 unspecified atom stereocenters. The largest absolute Gasteiger partial charge is 0.286 e. The first kappa shape index (κ1) is 25.8. The molecule has 4 rings (SSSR count). The molecule has 1 fully saturated rings. The summed E-state index contributed by atoms with van der Waals surface area (Å²) in [4.78, 5) is 13.4. The number of aromatic nitrogens is 2. The number of carbonyl (C=O) groups excluding carboxylic acids is 1. The van der Waals surface area contributed by atoms with Crippen LogP contribution in [0.3, 0.4) is 0 Å². The molecule has 0 aliphatic carbocycles. The van der Waals surface area contributed by atoms with Crippen molar-refractivity contribution in [1.29, 1.82) is 5.26 Å². The van der Waals surface area contributed by atoms with Gasteiger partial charge in [-0.15, -0.1) is 0 Å². The Hall–Kier alpha value is -3.29. The second kappa shape index (κ2) is 12.1. The number of piperidine rings is 1. The van der Waals surface area contributed by atoms with Crippen molar-refractivity contribution in [2.45, 2.75) is 45.4 Å². The molecule has 0 bridgehead atoms. The van der Waals surface area contributed by atoms with Crippen LogP contribution < -0.4 is 5.43 Å². The molecule has 1 saturated heterocycles. The third kappa shape index (κ3) is 5.91. The maximum atomic E-state index is 13.4. The smallest absolute Gasteiger partial charge is 0.283 e. The van der Waals surface area contributed by atoms with Crippen molar-refractivity contribution < 1.29 is 4.79 Å². The Balaban J connectivity index is 1.77. The van der Waals surface area contributed by atoms with Crippen LogP contribution in [0.15, 0.2) is 42.5 Å². The molecule has 8 heteroatoms. The predicted octanol–water partition coefficient (Wildman–Crippen LogP) is 6.19. The maximum absolute atomic E-state index is 13.4. The van der Waals surface area contributed by atoms with Gasteiger partial charge >= 0.3 is 0 Å². The number of nitrogens with zero attached hydrogens (tertiary/aromatic N) is 4. The van der Waals surface area contributed by atoms with Gasteiger partial charge in [0.1, 0.15) is 0 Å². The van der Waals surface area contributed by atoms with Crippen LogP contribution in [0.2, 0.25) is 10.0 Å². The van der Waals surface area contributed by atoms with Gasteiger partial charge in [-0.2, -0.15) is 10.4 Å². The molecule has 0 spiro atoms. The summed E-state index contributed by atoms with van der Waals surface area (Å²) < 4.78 is 1.73. The van der Waals surface area contributed by atoms with Gasteiger partial charge in [-0.3, -0.25) is 10.2 Å². The fraction of sp³-hybridized carbons (Fsp3) is 0.321. The number of amides is 1. The number of unbranched alkanes of at least 4 members (excludes halogenated alkanes) is 1. The highest BCUT2D eigenvalue weighted by atomic mass is 35.5. The molecule has 36 heavy (non-hydrogen) atoms. The third-order valence-corrected chi connectivity index (χ3v) is 6.60. The summed E-state index contributed by atoms with van der Waals surface area (Å²) >= 11 is 12.7. The van der Waals surface area contributed by atoms with E-state index in [4.69, 9.17) is 33.6 Å². The highest BCUT2D eigenvalue weighted by molar-refractivity contribution is 6.35.